The summed E-state index contributed by atoms with van der Waals surface area (Å²) in [5.74, 6) is 0.688. The molecule has 0 bridgehead atoms. The Kier molecular flexibility index (Phi) is 6.05. The lowest BCUT2D eigenvalue weighted by molar-refractivity contribution is -0.134. The molecule has 1 saturated carbocycles. The van der Waals surface area contributed by atoms with Crippen molar-refractivity contribution in [3.63, 3.8) is 0 Å². The van der Waals surface area contributed by atoms with E-state index in [0.29, 0.717) is 18.9 Å². The summed E-state index contributed by atoms with van der Waals surface area (Å²) >= 11 is 5.07. The standard InChI is InChI=1S/C15H21BrO2S/c1-2-18-15(11-6-4-3-5-7-11)14(17)9-13-8-12(16)10-19-13/h8,10-11,15H,2-7,9H2,1H3. The van der Waals surface area contributed by atoms with Crippen LogP contribution >= 0.6 is 27.3 Å². The maximum absolute atomic E-state index is 12.5. The van der Waals surface area contributed by atoms with E-state index in [1.165, 1.54) is 19.3 Å². The molecular formula is C15H21BrO2S. The van der Waals surface area contributed by atoms with Crippen LogP contribution in [0.5, 0.6) is 0 Å². The normalized spacial score (nSPS) is 18.4. The molecule has 0 spiro atoms. The van der Waals surface area contributed by atoms with E-state index in [1.807, 2.05) is 18.4 Å². The summed E-state index contributed by atoms with van der Waals surface area (Å²) in [6.45, 7) is 2.60. The van der Waals surface area contributed by atoms with E-state index in [-0.39, 0.29) is 11.9 Å². The maximum atomic E-state index is 12.5. The predicted octanol–water partition coefficient (Wildman–Crippen LogP) is 4.61. The minimum Gasteiger partial charge on any atom is -0.370 e. The van der Waals surface area contributed by atoms with Crippen molar-refractivity contribution in [2.24, 2.45) is 5.92 Å². The summed E-state index contributed by atoms with van der Waals surface area (Å²) in [6, 6.07) is 2.03. The first-order valence-electron chi connectivity index (χ1n) is 7.08. The van der Waals surface area contributed by atoms with Crippen LogP contribution in [0.25, 0.3) is 0 Å². The van der Waals surface area contributed by atoms with Crippen molar-refractivity contribution in [1.29, 1.82) is 0 Å². The lowest BCUT2D eigenvalue weighted by Gasteiger charge is -2.29. The minimum atomic E-state index is -0.189. The van der Waals surface area contributed by atoms with Gasteiger partial charge < -0.3 is 4.74 Å². The second-order valence-corrected chi connectivity index (χ2v) is 7.06. The van der Waals surface area contributed by atoms with Crippen LogP contribution in [0.2, 0.25) is 0 Å². The highest BCUT2D eigenvalue weighted by Crippen LogP contribution is 2.30. The molecule has 0 saturated heterocycles. The van der Waals surface area contributed by atoms with Crippen LogP contribution in [0.15, 0.2) is 15.9 Å². The molecule has 19 heavy (non-hydrogen) atoms. The van der Waals surface area contributed by atoms with Gasteiger partial charge in [-0.05, 0) is 47.7 Å². The summed E-state index contributed by atoms with van der Waals surface area (Å²) in [4.78, 5) is 13.6. The van der Waals surface area contributed by atoms with E-state index in [0.717, 1.165) is 22.2 Å². The monoisotopic (exact) mass is 344 g/mol. The summed E-state index contributed by atoms with van der Waals surface area (Å²) in [5, 5.41) is 2.03. The van der Waals surface area contributed by atoms with Crippen LogP contribution in [0.1, 0.15) is 43.9 Å². The van der Waals surface area contributed by atoms with Gasteiger partial charge in [0.05, 0.1) is 0 Å². The van der Waals surface area contributed by atoms with Gasteiger partial charge in [-0.15, -0.1) is 11.3 Å². The average molecular weight is 345 g/mol. The number of thiophene rings is 1. The third kappa shape index (κ3) is 4.40. The number of rotatable bonds is 6. The van der Waals surface area contributed by atoms with Crippen LogP contribution in [-0.2, 0) is 16.0 Å². The zero-order chi connectivity index (χ0) is 13.7. The number of ether oxygens (including phenoxy) is 1. The second-order valence-electron chi connectivity index (χ2n) is 5.15. The van der Waals surface area contributed by atoms with Crippen LogP contribution in [0.3, 0.4) is 0 Å². The number of Topliss-reactive ketones (excluding diaryl/α,β-unsaturated/α-hetero) is 1. The van der Waals surface area contributed by atoms with Gasteiger partial charge in [-0.25, -0.2) is 0 Å². The largest absolute Gasteiger partial charge is 0.370 e. The predicted molar refractivity (Wildman–Crippen MR) is 82.7 cm³/mol. The van der Waals surface area contributed by atoms with Gasteiger partial charge >= 0.3 is 0 Å². The molecule has 106 valence electrons. The highest BCUT2D eigenvalue weighted by atomic mass is 79.9. The topological polar surface area (TPSA) is 26.3 Å². The Labute approximate surface area is 127 Å². The van der Waals surface area contributed by atoms with Crippen molar-refractivity contribution in [2.75, 3.05) is 6.61 Å². The first kappa shape index (κ1) is 15.2. The van der Waals surface area contributed by atoms with Crippen LogP contribution in [0.4, 0.5) is 0 Å². The highest BCUT2D eigenvalue weighted by molar-refractivity contribution is 9.10. The SMILES string of the molecule is CCOC(C(=O)Cc1cc(Br)cs1)C1CCCCC1. The zero-order valence-electron chi connectivity index (χ0n) is 11.4. The molecule has 1 heterocycles. The molecule has 2 nitrogen and oxygen atoms in total. The molecule has 0 aromatic carbocycles. The molecule has 1 unspecified atom stereocenters. The fraction of sp³-hybridized carbons (Fsp3) is 0.667. The molecule has 0 N–H and O–H groups in total. The van der Waals surface area contributed by atoms with Gasteiger partial charge in [0.15, 0.2) is 5.78 Å². The Balaban J connectivity index is 1.98. The lowest BCUT2D eigenvalue weighted by atomic mass is 9.83. The van der Waals surface area contributed by atoms with Gasteiger partial charge in [0, 0.05) is 27.8 Å². The van der Waals surface area contributed by atoms with Gasteiger partial charge in [0.25, 0.3) is 0 Å². The molecule has 0 radical (unpaired) electrons. The Bertz CT molecular complexity index is 410. The van der Waals surface area contributed by atoms with Crippen LogP contribution in [0, 0.1) is 5.92 Å². The van der Waals surface area contributed by atoms with Crippen molar-refractivity contribution in [3.8, 4) is 0 Å². The average Bonchev–Trinajstić information content (AvgIpc) is 2.82. The molecule has 1 atom stereocenters. The van der Waals surface area contributed by atoms with Crippen molar-refractivity contribution in [3.05, 3.63) is 20.8 Å². The van der Waals surface area contributed by atoms with Crippen molar-refractivity contribution >= 4 is 33.0 Å². The number of halogens is 1. The summed E-state index contributed by atoms with van der Waals surface area (Å²) in [5.41, 5.74) is 0. The summed E-state index contributed by atoms with van der Waals surface area (Å²) in [7, 11) is 0. The Hall–Kier alpha value is -0.190. The van der Waals surface area contributed by atoms with Gasteiger partial charge in [0.1, 0.15) is 6.10 Å². The van der Waals surface area contributed by atoms with E-state index in [2.05, 4.69) is 15.9 Å². The quantitative estimate of drug-likeness (QED) is 0.753. The third-order valence-electron chi connectivity index (χ3n) is 3.71. The number of carbonyl (C=O) groups excluding carboxylic acids is 1. The van der Waals surface area contributed by atoms with E-state index in [1.54, 1.807) is 11.3 Å². The van der Waals surface area contributed by atoms with Crippen molar-refractivity contribution < 1.29 is 9.53 Å². The lowest BCUT2D eigenvalue weighted by Crippen LogP contribution is -2.35. The molecular weight excluding hydrogens is 324 g/mol. The maximum Gasteiger partial charge on any atom is 0.167 e. The number of carbonyl (C=O) groups is 1. The van der Waals surface area contributed by atoms with E-state index >= 15 is 0 Å². The smallest absolute Gasteiger partial charge is 0.167 e. The molecule has 1 aliphatic rings. The van der Waals surface area contributed by atoms with Gasteiger partial charge in [-0.3, -0.25) is 4.79 Å². The second kappa shape index (κ2) is 7.55. The molecule has 4 heteroatoms. The van der Waals surface area contributed by atoms with E-state index < -0.39 is 0 Å². The van der Waals surface area contributed by atoms with Gasteiger partial charge in [-0.2, -0.15) is 0 Å². The first-order chi connectivity index (χ1) is 9.20. The molecule has 1 aromatic rings. The Morgan fingerprint density at radius 3 is 2.79 bits per heavy atom. The van der Waals surface area contributed by atoms with E-state index in [4.69, 9.17) is 4.74 Å². The number of hydrogen-bond donors (Lipinski definition) is 0. The summed E-state index contributed by atoms with van der Waals surface area (Å²) in [6.07, 6.45) is 6.40. The Morgan fingerprint density at radius 2 is 2.21 bits per heavy atom. The van der Waals surface area contributed by atoms with Crippen molar-refractivity contribution in [1.82, 2.24) is 0 Å². The zero-order valence-corrected chi connectivity index (χ0v) is 13.8. The number of ketones is 1. The first-order valence-corrected chi connectivity index (χ1v) is 8.75. The van der Waals surface area contributed by atoms with Gasteiger partial charge in [0.2, 0.25) is 0 Å². The summed E-state index contributed by atoms with van der Waals surface area (Å²) < 4.78 is 6.83. The molecule has 1 aromatic heterocycles. The van der Waals surface area contributed by atoms with Crippen LogP contribution < -0.4 is 0 Å². The molecule has 0 amide bonds. The van der Waals surface area contributed by atoms with E-state index in [9.17, 15) is 4.79 Å². The molecule has 1 fully saturated rings. The highest BCUT2D eigenvalue weighted by Gasteiger charge is 2.29. The Morgan fingerprint density at radius 1 is 1.47 bits per heavy atom. The minimum absolute atomic E-state index is 0.189. The van der Waals surface area contributed by atoms with Crippen molar-refractivity contribution in [2.45, 2.75) is 51.6 Å². The number of hydrogen-bond acceptors (Lipinski definition) is 3. The molecule has 0 aliphatic heterocycles. The fourth-order valence-electron chi connectivity index (χ4n) is 2.83. The third-order valence-corrected chi connectivity index (χ3v) is 5.41. The van der Waals surface area contributed by atoms with Gasteiger partial charge in [-0.1, -0.05) is 19.3 Å². The molecule has 1 aliphatic carbocycles. The van der Waals surface area contributed by atoms with Crippen LogP contribution in [-0.4, -0.2) is 18.5 Å². The molecule has 2 rings (SSSR count). The fourth-order valence-corrected chi connectivity index (χ4v) is 4.29.